The van der Waals surface area contributed by atoms with E-state index in [1.165, 1.54) is 0 Å². The zero-order valence-electron chi connectivity index (χ0n) is 10.7. The van der Waals surface area contributed by atoms with Crippen LogP contribution in [0.4, 0.5) is 0 Å². The van der Waals surface area contributed by atoms with Crippen LogP contribution in [0.3, 0.4) is 0 Å². The summed E-state index contributed by atoms with van der Waals surface area (Å²) in [7, 11) is 0. The molecule has 0 bridgehead atoms. The van der Waals surface area contributed by atoms with Crippen LogP contribution in [0.25, 0.3) is 28.1 Å². The molecular formula is C17H13NO. The minimum Gasteiger partial charge on any atom is -0.309 e. The summed E-state index contributed by atoms with van der Waals surface area (Å²) in [5.74, 6) is 2.67. The van der Waals surface area contributed by atoms with E-state index in [0.717, 1.165) is 27.1 Å². The summed E-state index contributed by atoms with van der Waals surface area (Å²) in [4.78, 5) is 12.5. The summed E-state index contributed by atoms with van der Waals surface area (Å²) >= 11 is 0. The number of hydrogen-bond donors (Lipinski definition) is 0. The number of hydrogen-bond acceptors (Lipinski definition) is 1. The second kappa shape index (κ2) is 4.00. The Morgan fingerprint density at radius 1 is 1.21 bits per heavy atom. The minimum atomic E-state index is -0.000212. The molecule has 19 heavy (non-hydrogen) atoms. The SMILES string of the molecule is C#Cc1ccc2c(=O)n(CC)c(=C)c3cccc1c32. The standard InChI is InChI=1S/C17H13NO/c1-4-12-9-10-15-16-13(7-6-8-14(12)16)11(3)18(5-2)17(15)19/h1,6-10H,3,5H2,2H3. The molecular weight excluding hydrogens is 234 g/mol. The molecule has 3 aromatic rings. The van der Waals surface area contributed by atoms with Crippen LogP contribution < -0.4 is 10.9 Å². The lowest BCUT2D eigenvalue weighted by molar-refractivity contribution is 0.717. The van der Waals surface area contributed by atoms with Gasteiger partial charge in [0.05, 0.1) is 0 Å². The van der Waals surface area contributed by atoms with Crippen molar-refractivity contribution in [1.29, 1.82) is 0 Å². The molecule has 2 aromatic carbocycles. The fraction of sp³-hybridized carbons (Fsp3) is 0.118. The van der Waals surface area contributed by atoms with Gasteiger partial charge in [0.2, 0.25) is 0 Å². The van der Waals surface area contributed by atoms with Gasteiger partial charge in [-0.2, -0.15) is 0 Å². The predicted octanol–water partition coefficient (Wildman–Crippen LogP) is 2.29. The second-order valence-corrected chi connectivity index (χ2v) is 4.53. The first-order chi connectivity index (χ1) is 9.19. The lowest BCUT2D eigenvalue weighted by Gasteiger charge is -2.11. The molecule has 0 atom stereocenters. The van der Waals surface area contributed by atoms with Gasteiger partial charge in [0.1, 0.15) is 0 Å². The Morgan fingerprint density at radius 2 is 1.95 bits per heavy atom. The molecule has 0 unspecified atom stereocenters. The molecule has 1 heterocycles. The van der Waals surface area contributed by atoms with Crippen LogP contribution in [-0.4, -0.2) is 4.57 Å². The van der Waals surface area contributed by atoms with Gasteiger partial charge in [-0.25, -0.2) is 0 Å². The van der Waals surface area contributed by atoms with Gasteiger partial charge in [-0.1, -0.05) is 30.7 Å². The van der Waals surface area contributed by atoms with Crippen LogP contribution in [0.5, 0.6) is 0 Å². The lowest BCUT2D eigenvalue weighted by atomic mass is 9.98. The van der Waals surface area contributed by atoms with Gasteiger partial charge in [0.15, 0.2) is 0 Å². The Kier molecular flexibility index (Phi) is 2.43. The molecule has 0 aliphatic rings. The number of aromatic nitrogens is 1. The molecule has 0 amide bonds. The van der Waals surface area contributed by atoms with E-state index in [0.29, 0.717) is 11.9 Å². The molecule has 92 valence electrons. The van der Waals surface area contributed by atoms with Crippen molar-refractivity contribution >= 4 is 28.1 Å². The average Bonchev–Trinajstić information content (AvgIpc) is 2.44. The molecule has 0 aliphatic carbocycles. The summed E-state index contributed by atoms with van der Waals surface area (Å²) in [6.07, 6.45) is 5.53. The highest BCUT2D eigenvalue weighted by Crippen LogP contribution is 2.25. The molecule has 0 N–H and O–H groups in total. The van der Waals surface area contributed by atoms with Gasteiger partial charge >= 0.3 is 0 Å². The summed E-state index contributed by atoms with van der Waals surface area (Å²) in [6.45, 7) is 6.61. The van der Waals surface area contributed by atoms with E-state index in [2.05, 4.69) is 12.5 Å². The van der Waals surface area contributed by atoms with Crippen molar-refractivity contribution in [2.45, 2.75) is 13.5 Å². The van der Waals surface area contributed by atoms with Crippen molar-refractivity contribution in [2.75, 3.05) is 0 Å². The van der Waals surface area contributed by atoms with Crippen LogP contribution >= 0.6 is 0 Å². The molecule has 1 aromatic heterocycles. The third-order valence-corrected chi connectivity index (χ3v) is 3.62. The van der Waals surface area contributed by atoms with Crippen molar-refractivity contribution in [3.8, 4) is 12.3 Å². The van der Waals surface area contributed by atoms with Crippen LogP contribution in [0.15, 0.2) is 35.1 Å². The van der Waals surface area contributed by atoms with Crippen LogP contribution in [0, 0.1) is 12.3 Å². The lowest BCUT2D eigenvalue weighted by Crippen LogP contribution is -2.32. The number of nitrogens with zero attached hydrogens (tertiary/aromatic N) is 1. The molecule has 0 aliphatic heterocycles. The first-order valence-corrected chi connectivity index (χ1v) is 6.22. The Hall–Kier alpha value is -2.53. The van der Waals surface area contributed by atoms with Gasteiger partial charge in [-0.3, -0.25) is 4.79 Å². The van der Waals surface area contributed by atoms with Crippen molar-refractivity contribution in [1.82, 2.24) is 4.57 Å². The van der Waals surface area contributed by atoms with E-state index in [9.17, 15) is 4.79 Å². The normalized spacial score (nSPS) is 10.9. The molecule has 3 rings (SSSR count). The number of rotatable bonds is 1. The second-order valence-electron chi connectivity index (χ2n) is 4.53. The highest BCUT2D eigenvalue weighted by Gasteiger charge is 2.11. The van der Waals surface area contributed by atoms with E-state index in [4.69, 9.17) is 6.42 Å². The van der Waals surface area contributed by atoms with Crippen LogP contribution in [-0.2, 0) is 6.54 Å². The Bertz CT molecular complexity index is 909. The molecule has 0 fully saturated rings. The maximum Gasteiger partial charge on any atom is 0.258 e. The first-order valence-electron chi connectivity index (χ1n) is 6.22. The fourth-order valence-electron chi connectivity index (χ4n) is 2.70. The predicted molar refractivity (Wildman–Crippen MR) is 80.1 cm³/mol. The molecule has 0 saturated heterocycles. The van der Waals surface area contributed by atoms with E-state index in [1.807, 2.05) is 37.3 Å². The van der Waals surface area contributed by atoms with Gasteiger partial charge in [0, 0.05) is 33.6 Å². The monoisotopic (exact) mass is 247 g/mol. The zero-order valence-corrected chi connectivity index (χ0v) is 10.7. The quantitative estimate of drug-likeness (QED) is 0.605. The van der Waals surface area contributed by atoms with E-state index >= 15 is 0 Å². The number of benzene rings is 2. The highest BCUT2D eigenvalue weighted by molar-refractivity contribution is 6.11. The number of terminal acetylenes is 1. The molecule has 0 saturated carbocycles. The van der Waals surface area contributed by atoms with Gasteiger partial charge < -0.3 is 4.57 Å². The summed E-state index contributed by atoms with van der Waals surface area (Å²) < 4.78 is 1.70. The first kappa shape index (κ1) is 11.6. The van der Waals surface area contributed by atoms with Crippen molar-refractivity contribution < 1.29 is 0 Å². The van der Waals surface area contributed by atoms with Gasteiger partial charge in [-0.15, -0.1) is 6.42 Å². The molecule has 0 spiro atoms. The molecule has 0 radical (unpaired) electrons. The maximum absolute atomic E-state index is 12.5. The summed E-state index contributed by atoms with van der Waals surface area (Å²) in [6, 6.07) is 9.56. The van der Waals surface area contributed by atoms with E-state index in [1.54, 1.807) is 4.57 Å². The fourth-order valence-corrected chi connectivity index (χ4v) is 2.70. The Labute approximate surface area is 111 Å². The maximum atomic E-state index is 12.5. The topological polar surface area (TPSA) is 22.0 Å². The van der Waals surface area contributed by atoms with E-state index < -0.39 is 0 Å². The molecule has 2 nitrogen and oxygen atoms in total. The highest BCUT2D eigenvalue weighted by atomic mass is 16.1. The van der Waals surface area contributed by atoms with Crippen molar-refractivity contribution in [3.05, 3.63) is 51.6 Å². The largest absolute Gasteiger partial charge is 0.309 e. The Morgan fingerprint density at radius 3 is 2.63 bits per heavy atom. The van der Waals surface area contributed by atoms with E-state index in [-0.39, 0.29) is 5.56 Å². The smallest absolute Gasteiger partial charge is 0.258 e. The van der Waals surface area contributed by atoms with Crippen molar-refractivity contribution in [2.24, 2.45) is 0 Å². The number of pyridine rings is 1. The third kappa shape index (κ3) is 1.42. The summed E-state index contributed by atoms with van der Waals surface area (Å²) in [5, 5.41) is 4.32. The van der Waals surface area contributed by atoms with Gasteiger partial charge in [-0.05, 0) is 24.4 Å². The van der Waals surface area contributed by atoms with Crippen LogP contribution in [0.1, 0.15) is 12.5 Å². The third-order valence-electron chi connectivity index (χ3n) is 3.62. The van der Waals surface area contributed by atoms with Gasteiger partial charge in [0.25, 0.3) is 5.56 Å². The Balaban J connectivity index is 2.75. The molecule has 2 heteroatoms. The van der Waals surface area contributed by atoms with Crippen LogP contribution in [0.2, 0.25) is 0 Å². The summed E-state index contributed by atoms with van der Waals surface area (Å²) in [5.41, 5.74) is 0.811. The average molecular weight is 247 g/mol. The minimum absolute atomic E-state index is 0.000212. The zero-order chi connectivity index (χ0) is 13.6. The van der Waals surface area contributed by atoms with Crippen molar-refractivity contribution in [3.63, 3.8) is 0 Å².